The molecule has 1 aromatic rings. The molecule has 1 heterocycles. The Hall–Kier alpha value is -1.90. The summed E-state index contributed by atoms with van der Waals surface area (Å²) in [5.74, 6) is 0.398. The Bertz CT molecular complexity index is 725. The molecule has 2 bridgehead atoms. The Morgan fingerprint density at radius 2 is 1.52 bits per heavy atom. The van der Waals surface area contributed by atoms with Crippen LogP contribution >= 0.6 is 0 Å². The van der Waals surface area contributed by atoms with Gasteiger partial charge < -0.3 is 0 Å². The molecule has 120 valence electrons. The number of hydrogen-bond acceptors (Lipinski definition) is 2. The van der Waals surface area contributed by atoms with Crippen LogP contribution in [0.25, 0.3) is 0 Å². The number of aryl methyl sites for hydroxylation is 2. The fraction of sp³-hybridized carbons (Fsp3) is 0.500. The molecule has 3 nitrogen and oxygen atoms in total. The molecular formula is C20H23NO2. The van der Waals surface area contributed by atoms with Crippen LogP contribution in [0.15, 0.2) is 29.3 Å². The van der Waals surface area contributed by atoms with Crippen molar-refractivity contribution in [3.05, 3.63) is 40.5 Å². The number of anilines is 1. The van der Waals surface area contributed by atoms with Crippen molar-refractivity contribution in [2.24, 2.45) is 23.7 Å². The third-order valence-electron chi connectivity index (χ3n) is 6.18. The summed E-state index contributed by atoms with van der Waals surface area (Å²) in [6.07, 6.45) is 2.12. The second-order valence-corrected chi connectivity index (χ2v) is 7.58. The molecule has 4 rings (SSSR count). The second-order valence-electron chi connectivity index (χ2n) is 7.58. The number of imide groups is 1. The van der Waals surface area contributed by atoms with Gasteiger partial charge in [0.15, 0.2) is 0 Å². The van der Waals surface area contributed by atoms with Gasteiger partial charge in [-0.2, -0.15) is 0 Å². The minimum atomic E-state index is -0.118. The van der Waals surface area contributed by atoms with Gasteiger partial charge in [-0.25, -0.2) is 0 Å². The van der Waals surface area contributed by atoms with Crippen molar-refractivity contribution in [2.45, 2.75) is 40.5 Å². The maximum absolute atomic E-state index is 13.0. The quantitative estimate of drug-likeness (QED) is 0.585. The molecule has 0 radical (unpaired) electrons. The molecule has 4 atom stereocenters. The molecule has 0 unspecified atom stereocenters. The van der Waals surface area contributed by atoms with Crippen molar-refractivity contribution in [3.8, 4) is 0 Å². The molecule has 0 spiro atoms. The van der Waals surface area contributed by atoms with Crippen LogP contribution in [-0.2, 0) is 9.59 Å². The van der Waals surface area contributed by atoms with E-state index in [9.17, 15) is 9.59 Å². The number of nitrogens with zero attached hydrogens (tertiary/aromatic N) is 1. The van der Waals surface area contributed by atoms with Crippen LogP contribution in [0, 0.1) is 37.5 Å². The summed E-state index contributed by atoms with van der Waals surface area (Å²) >= 11 is 0. The Morgan fingerprint density at radius 1 is 0.957 bits per heavy atom. The van der Waals surface area contributed by atoms with Crippen LogP contribution in [0.3, 0.4) is 0 Å². The maximum atomic E-state index is 13.0. The van der Waals surface area contributed by atoms with E-state index in [2.05, 4.69) is 13.8 Å². The highest BCUT2D eigenvalue weighted by Crippen LogP contribution is 2.60. The van der Waals surface area contributed by atoms with Crippen molar-refractivity contribution < 1.29 is 9.59 Å². The predicted molar refractivity (Wildman–Crippen MR) is 90.0 cm³/mol. The zero-order valence-corrected chi connectivity index (χ0v) is 14.2. The first-order valence-electron chi connectivity index (χ1n) is 8.54. The summed E-state index contributed by atoms with van der Waals surface area (Å²) in [7, 11) is 0. The zero-order valence-electron chi connectivity index (χ0n) is 14.2. The third-order valence-corrected chi connectivity index (χ3v) is 6.18. The molecule has 3 fully saturated rings. The summed E-state index contributed by atoms with van der Waals surface area (Å²) in [6, 6.07) is 5.87. The van der Waals surface area contributed by atoms with E-state index >= 15 is 0 Å². The van der Waals surface area contributed by atoms with Gasteiger partial charge in [0, 0.05) is 0 Å². The van der Waals surface area contributed by atoms with Gasteiger partial charge in [-0.3, -0.25) is 14.5 Å². The number of fused-ring (bicyclic) bond motifs is 5. The SMILES string of the molecule is CC(C)=C1[C@@H]2CC[C@@H]1[C@@H]1C(=O)N(c3ccc(C)c(C)c3)C(=O)[C@H]12. The largest absolute Gasteiger partial charge is 0.274 e. The molecule has 0 aromatic heterocycles. The highest BCUT2D eigenvalue weighted by atomic mass is 16.2. The average molecular weight is 309 g/mol. The minimum absolute atomic E-state index is 0.0224. The van der Waals surface area contributed by atoms with Gasteiger partial charge in [-0.1, -0.05) is 17.2 Å². The average Bonchev–Trinajstić information content (AvgIpc) is 3.13. The van der Waals surface area contributed by atoms with Crippen molar-refractivity contribution in [2.75, 3.05) is 4.90 Å². The normalized spacial score (nSPS) is 32.0. The van der Waals surface area contributed by atoms with Gasteiger partial charge in [0.05, 0.1) is 17.5 Å². The second kappa shape index (κ2) is 4.80. The Balaban J connectivity index is 1.76. The summed E-state index contributed by atoms with van der Waals surface area (Å²) < 4.78 is 0. The standard InChI is InChI=1S/C20H23NO2/c1-10(2)16-14-7-8-15(16)18-17(14)19(22)21(20(18)23)13-6-5-11(3)12(4)9-13/h5-6,9,14-15,17-18H,7-8H2,1-4H3/t14-,15-,17-,18-/m0/s1. The van der Waals surface area contributed by atoms with Crippen molar-refractivity contribution in [1.82, 2.24) is 0 Å². The van der Waals surface area contributed by atoms with E-state index in [-0.39, 0.29) is 23.7 Å². The number of allylic oxidation sites excluding steroid dienone is 2. The molecule has 1 aliphatic heterocycles. The molecule has 1 aromatic carbocycles. The summed E-state index contributed by atoms with van der Waals surface area (Å²) in [4.78, 5) is 27.5. The van der Waals surface area contributed by atoms with Crippen molar-refractivity contribution in [1.29, 1.82) is 0 Å². The first-order chi connectivity index (χ1) is 10.9. The van der Waals surface area contributed by atoms with E-state index in [1.54, 1.807) is 0 Å². The van der Waals surface area contributed by atoms with Crippen LogP contribution in [0.1, 0.15) is 37.8 Å². The first kappa shape index (κ1) is 14.7. The summed E-state index contributed by atoms with van der Waals surface area (Å²) in [6.45, 7) is 8.31. The Morgan fingerprint density at radius 3 is 2.00 bits per heavy atom. The number of benzene rings is 1. The van der Waals surface area contributed by atoms with Crippen LogP contribution in [-0.4, -0.2) is 11.8 Å². The lowest BCUT2D eigenvalue weighted by Crippen LogP contribution is -2.33. The lowest BCUT2D eigenvalue weighted by molar-refractivity contribution is -0.123. The van der Waals surface area contributed by atoms with E-state index < -0.39 is 0 Å². The maximum Gasteiger partial charge on any atom is 0.238 e. The van der Waals surface area contributed by atoms with Crippen LogP contribution in [0.5, 0.6) is 0 Å². The highest BCUT2D eigenvalue weighted by molar-refractivity contribution is 6.23. The molecule has 23 heavy (non-hydrogen) atoms. The Labute approximate surface area is 137 Å². The van der Waals surface area contributed by atoms with E-state index in [4.69, 9.17) is 0 Å². The molecule has 2 saturated carbocycles. The fourth-order valence-corrected chi connectivity index (χ4v) is 5.11. The smallest absolute Gasteiger partial charge is 0.238 e. The number of hydrogen-bond donors (Lipinski definition) is 0. The fourth-order valence-electron chi connectivity index (χ4n) is 5.11. The van der Waals surface area contributed by atoms with E-state index in [0.717, 1.165) is 24.1 Å². The highest BCUT2D eigenvalue weighted by Gasteiger charge is 2.63. The predicted octanol–water partition coefficient (Wildman–Crippen LogP) is 3.79. The molecule has 0 N–H and O–H groups in total. The van der Waals surface area contributed by atoms with Crippen LogP contribution < -0.4 is 4.90 Å². The lowest BCUT2D eigenvalue weighted by atomic mass is 9.81. The van der Waals surface area contributed by atoms with Gasteiger partial charge in [0.1, 0.15) is 0 Å². The molecule has 2 aliphatic carbocycles. The van der Waals surface area contributed by atoms with Gasteiger partial charge in [-0.15, -0.1) is 0 Å². The summed E-state index contributed by atoms with van der Waals surface area (Å²) in [5, 5.41) is 0. The van der Waals surface area contributed by atoms with Crippen molar-refractivity contribution in [3.63, 3.8) is 0 Å². The van der Waals surface area contributed by atoms with E-state index in [0.29, 0.717) is 11.8 Å². The van der Waals surface area contributed by atoms with E-state index in [1.807, 2.05) is 32.0 Å². The number of amides is 2. The Kier molecular flexibility index (Phi) is 3.06. The van der Waals surface area contributed by atoms with Gasteiger partial charge in [0.2, 0.25) is 11.8 Å². The first-order valence-corrected chi connectivity index (χ1v) is 8.54. The molecular weight excluding hydrogens is 286 g/mol. The third kappa shape index (κ3) is 1.82. The monoisotopic (exact) mass is 309 g/mol. The van der Waals surface area contributed by atoms with Gasteiger partial charge in [0.25, 0.3) is 0 Å². The summed E-state index contributed by atoms with van der Waals surface area (Å²) in [5.41, 5.74) is 5.76. The van der Waals surface area contributed by atoms with Crippen LogP contribution in [0.2, 0.25) is 0 Å². The molecule has 3 heteroatoms. The molecule has 3 aliphatic rings. The van der Waals surface area contributed by atoms with Gasteiger partial charge >= 0.3 is 0 Å². The molecule has 2 amide bonds. The van der Waals surface area contributed by atoms with Gasteiger partial charge in [-0.05, 0) is 75.6 Å². The minimum Gasteiger partial charge on any atom is -0.274 e. The molecule has 1 saturated heterocycles. The number of rotatable bonds is 1. The number of carbonyl (C=O) groups is 2. The lowest BCUT2D eigenvalue weighted by Gasteiger charge is -2.20. The zero-order chi connectivity index (χ0) is 16.5. The topological polar surface area (TPSA) is 37.4 Å². The van der Waals surface area contributed by atoms with Crippen LogP contribution in [0.4, 0.5) is 5.69 Å². The van der Waals surface area contributed by atoms with E-state index in [1.165, 1.54) is 21.6 Å². The number of carbonyl (C=O) groups excluding carboxylic acids is 2. The van der Waals surface area contributed by atoms with Crippen molar-refractivity contribution >= 4 is 17.5 Å².